The summed E-state index contributed by atoms with van der Waals surface area (Å²) in [6.45, 7) is 2.48. The number of hydrogen-bond donors (Lipinski definition) is 1. The second kappa shape index (κ2) is 5.67. The molecule has 2 aromatic heterocycles. The highest BCUT2D eigenvalue weighted by Crippen LogP contribution is 2.13. The summed E-state index contributed by atoms with van der Waals surface area (Å²) in [6, 6.07) is 0. The zero-order valence-corrected chi connectivity index (χ0v) is 10.3. The summed E-state index contributed by atoms with van der Waals surface area (Å²) in [4.78, 5) is 11.9. The van der Waals surface area contributed by atoms with Crippen LogP contribution in [0, 0.1) is 5.82 Å². The fraction of sp³-hybridized carbons (Fsp3) is 0.364. The number of nitrogens with zero attached hydrogens (tertiary/aromatic N) is 3. The summed E-state index contributed by atoms with van der Waals surface area (Å²) in [5.74, 6) is -0.0830. The summed E-state index contributed by atoms with van der Waals surface area (Å²) in [6.07, 6.45) is 2.70. The van der Waals surface area contributed by atoms with Crippen LogP contribution in [0.1, 0.15) is 18.3 Å². The molecule has 6 heteroatoms. The van der Waals surface area contributed by atoms with Crippen LogP contribution in [-0.2, 0) is 12.8 Å². The van der Waals surface area contributed by atoms with Crippen molar-refractivity contribution >= 4 is 17.2 Å². The molecular weight excluding hydrogens is 239 g/mol. The Hall–Kier alpha value is -1.56. The first-order chi connectivity index (χ1) is 8.31. The number of thiazole rings is 1. The molecule has 0 saturated carbocycles. The van der Waals surface area contributed by atoms with E-state index in [9.17, 15) is 4.39 Å². The van der Waals surface area contributed by atoms with Crippen molar-refractivity contribution in [2.45, 2.75) is 19.8 Å². The predicted molar refractivity (Wildman–Crippen MR) is 65.7 cm³/mol. The number of rotatable bonds is 5. The molecule has 17 heavy (non-hydrogen) atoms. The van der Waals surface area contributed by atoms with Crippen LogP contribution in [0.15, 0.2) is 17.2 Å². The van der Waals surface area contributed by atoms with Crippen molar-refractivity contribution < 1.29 is 4.39 Å². The minimum Gasteiger partial charge on any atom is -0.367 e. The first-order valence-corrected chi connectivity index (χ1v) is 6.36. The van der Waals surface area contributed by atoms with E-state index in [0.717, 1.165) is 12.1 Å². The Balaban J connectivity index is 1.95. The van der Waals surface area contributed by atoms with Crippen LogP contribution in [0.4, 0.5) is 10.2 Å². The van der Waals surface area contributed by atoms with Gasteiger partial charge in [-0.3, -0.25) is 0 Å². The molecule has 2 aromatic rings. The van der Waals surface area contributed by atoms with Crippen LogP contribution in [0.5, 0.6) is 0 Å². The molecule has 4 nitrogen and oxygen atoms in total. The number of aryl methyl sites for hydroxylation is 1. The van der Waals surface area contributed by atoms with Gasteiger partial charge in [-0.1, -0.05) is 6.92 Å². The molecule has 0 fully saturated rings. The topological polar surface area (TPSA) is 50.7 Å². The van der Waals surface area contributed by atoms with Crippen molar-refractivity contribution in [3.63, 3.8) is 0 Å². The monoisotopic (exact) mass is 252 g/mol. The lowest BCUT2D eigenvalue weighted by Crippen LogP contribution is -2.10. The van der Waals surface area contributed by atoms with E-state index in [4.69, 9.17) is 0 Å². The lowest BCUT2D eigenvalue weighted by Gasteiger charge is -2.07. The average Bonchev–Trinajstić information content (AvgIpc) is 2.84. The van der Waals surface area contributed by atoms with Crippen molar-refractivity contribution in [3.05, 3.63) is 34.4 Å². The molecule has 0 spiro atoms. The molecule has 0 bridgehead atoms. The predicted octanol–water partition coefficient (Wildman–Crippen LogP) is 2.29. The molecule has 0 aliphatic carbocycles. The van der Waals surface area contributed by atoms with Gasteiger partial charge in [-0.2, -0.15) is 0 Å². The molecule has 0 aliphatic rings. The van der Waals surface area contributed by atoms with E-state index in [0.29, 0.717) is 18.7 Å². The largest absolute Gasteiger partial charge is 0.367 e. The Morgan fingerprint density at radius 1 is 1.35 bits per heavy atom. The molecule has 90 valence electrons. The van der Waals surface area contributed by atoms with Crippen LogP contribution in [0.3, 0.4) is 0 Å². The van der Waals surface area contributed by atoms with Gasteiger partial charge in [-0.15, -0.1) is 11.3 Å². The smallest absolute Gasteiger partial charge is 0.186 e. The molecular formula is C11H13FN4S. The highest BCUT2D eigenvalue weighted by Gasteiger charge is 2.08. The maximum atomic E-state index is 13.7. The van der Waals surface area contributed by atoms with Gasteiger partial charge < -0.3 is 5.32 Å². The van der Waals surface area contributed by atoms with Crippen molar-refractivity contribution in [1.29, 1.82) is 0 Å². The van der Waals surface area contributed by atoms with E-state index in [-0.39, 0.29) is 11.6 Å². The molecule has 0 aromatic carbocycles. The summed E-state index contributed by atoms with van der Waals surface area (Å²) in [7, 11) is 0. The van der Waals surface area contributed by atoms with E-state index in [2.05, 4.69) is 20.3 Å². The Kier molecular flexibility index (Phi) is 3.98. The summed E-state index contributed by atoms with van der Waals surface area (Å²) in [5, 5.41) is 4.95. The number of anilines is 1. The van der Waals surface area contributed by atoms with Crippen LogP contribution >= 0.6 is 11.3 Å². The molecule has 2 heterocycles. The molecule has 1 N–H and O–H groups in total. The molecule has 0 radical (unpaired) electrons. The molecule has 0 amide bonds. The minimum atomic E-state index is -0.353. The van der Waals surface area contributed by atoms with E-state index >= 15 is 0 Å². The minimum absolute atomic E-state index is 0.270. The fourth-order valence-corrected chi connectivity index (χ4v) is 2.04. The van der Waals surface area contributed by atoms with E-state index in [1.54, 1.807) is 16.8 Å². The third-order valence-corrected chi connectivity index (χ3v) is 2.99. The van der Waals surface area contributed by atoms with Gasteiger partial charge in [-0.05, 0) is 6.42 Å². The van der Waals surface area contributed by atoms with Crippen molar-refractivity contribution in [2.24, 2.45) is 0 Å². The summed E-state index contributed by atoms with van der Waals surface area (Å²) in [5.41, 5.74) is 3.24. The Bertz CT molecular complexity index is 472. The van der Waals surface area contributed by atoms with Gasteiger partial charge in [0.1, 0.15) is 6.33 Å². The molecule has 0 unspecified atom stereocenters. The van der Waals surface area contributed by atoms with Crippen molar-refractivity contribution in [3.8, 4) is 0 Å². The van der Waals surface area contributed by atoms with Gasteiger partial charge in [0, 0.05) is 18.3 Å². The lowest BCUT2D eigenvalue weighted by atomic mass is 10.3. The van der Waals surface area contributed by atoms with Gasteiger partial charge in [0.05, 0.1) is 16.9 Å². The number of halogens is 1. The van der Waals surface area contributed by atoms with Crippen LogP contribution in [0.2, 0.25) is 0 Å². The second-order valence-electron chi connectivity index (χ2n) is 3.49. The first kappa shape index (κ1) is 11.9. The average molecular weight is 252 g/mol. The van der Waals surface area contributed by atoms with Gasteiger partial charge >= 0.3 is 0 Å². The fourth-order valence-electron chi connectivity index (χ4n) is 1.45. The lowest BCUT2D eigenvalue weighted by molar-refractivity contribution is 0.596. The number of hydrogen-bond acceptors (Lipinski definition) is 5. The molecule has 0 saturated heterocycles. The van der Waals surface area contributed by atoms with Crippen LogP contribution in [0.25, 0.3) is 0 Å². The molecule has 2 rings (SSSR count). The second-order valence-corrected chi connectivity index (χ2v) is 4.21. The zero-order chi connectivity index (χ0) is 12.1. The van der Waals surface area contributed by atoms with E-state index in [1.807, 2.05) is 12.3 Å². The Morgan fingerprint density at radius 2 is 2.24 bits per heavy atom. The Labute approximate surface area is 103 Å². The number of aromatic nitrogens is 3. The highest BCUT2D eigenvalue weighted by molar-refractivity contribution is 7.07. The standard InChI is InChI=1S/C11H13FN4S/c1-2-9-10(12)11(15-6-14-9)13-4-3-8-5-17-7-16-8/h5-7H,2-4H2,1H3,(H,13,14,15). The molecule has 0 atom stereocenters. The normalized spacial score (nSPS) is 10.5. The van der Waals surface area contributed by atoms with Crippen LogP contribution < -0.4 is 5.32 Å². The van der Waals surface area contributed by atoms with Gasteiger partial charge in [0.15, 0.2) is 11.6 Å². The third-order valence-electron chi connectivity index (χ3n) is 2.35. The summed E-state index contributed by atoms with van der Waals surface area (Å²) < 4.78 is 13.7. The zero-order valence-electron chi connectivity index (χ0n) is 9.48. The quantitative estimate of drug-likeness (QED) is 0.887. The maximum absolute atomic E-state index is 13.7. The Morgan fingerprint density at radius 3 is 2.94 bits per heavy atom. The van der Waals surface area contributed by atoms with Crippen molar-refractivity contribution in [1.82, 2.24) is 15.0 Å². The highest BCUT2D eigenvalue weighted by atomic mass is 32.1. The number of nitrogens with one attached hydrogen (secondary N) is 1. The van der Waals surface area contributed by atoms with E-state index in [1.165, 1.54) is 6.33 Å². The van der Waals surface area contributed by atoms with Gasteiger partial charge in [0.2, 0.25) is 0 Å². The van der Waals surface area contributed by atoms with Crippen molar-refractivity contribution in [2.75, 3.05) is 11.9 Å². The van der Waals surface area contributed by atoms with Crippen LogP contribution in [-0.4, -0.2) is 21.5 Å². The van der Waals surface area contributed by atoms with Gasteiger partial charge in [-0.25, -0.2) is 19.3 Å². The maximum Gasteiger partial charge on any atom is 0.186 e. The van der Waals surface area contributed by atoms with E-state index < -0.39 is 0 Å². The SMILES string of the molecule is CCc1ncnc(NCCc2cscn2)c1F. The molecule has 0 aliphatic heterocycles. The van der Waals surface area contributed by atoms with Gasteiger partial charge in [0.25, 0.3) is 0 Å². The third kappa shape index (κ3) is 2.97. The first-order valence-electron chi connectivity index (χ1n) is 5.41. The summed E-state index contributed by atoms with van der Waals surface area (Å²) >= 11 is 1.56.